The summed E-state index contributed by atoms with van der Waals surface area (Å²) in [6.45, 7) is 13.5. The fourth-order valence-corrected chi connectivity index (χ4v) is 1.16. The normalized spacial score (nSPS) is 9.75. The molecule has 0 aromatic heterocycles. The van der Waals surface area contributed by atoms with Gasteiger partial charge in [-0.25, -0.2) is 0 Å². The lowest BCUT2D eigenvalue weighted by atomic mass is 10.2. The Labute approximate surface area is 123 Å². The molecule has 0 saturated heterocycles. The molecule has 110 valence electrons. The first-order chi connectivity index (χ1) is 9.77. The van der Waals surface area contributed by atoms with Crippen LogP contribution < -0.4 is 5.32 Å². The summed E-state index contributed by atoms with van der Waals surface area (Å²) in [6, 6.07) is 9.33. The van der Waals surface area contributed by atoms with Crippen molar-refractivity contribution in [3.05, 3.63) is 66.8 Å². The van der Waals surface area contributed by atoms with E-state index in [9.17, 15) is 4.79 Å². The van der Waals surface area contributed by atoms with Crippen molar-refractivity contribution in [2.75, 3.05) is 5.32 Å². The molecule has 0 bridgehead atoms. The van der Waals surface area contributed by atoms with E-state index in [1.54, 1.807) is 6.08 Å². The predicted molar refractivity (Wildman–Crippen MR) is 90.9 cm³/mol. The van der Waals surface area contributed by atoms with Crippen molar-refractivity contribution in [3.63, 3.8) is 0 Å². The fourth-order valence-electron chi connectivity index (χ4n) is 1.16. The highest BCUT2D eigenvalue weighted by atomic mass is 16.1. The molecule has 0 aliphatic rings. The van der Waals surface area contributed by atoms with E-state index in [4.69, 9.17) is 0 Å². The van der Waals surface area contributed by atoms with Gasteiger partial charge in [-0.1, -0.05) is 70.7 Å². The SMILES string of the molecule is C=C/C(=C\C=C/C)C(=O)Nc1ccccc1.CC.CC. The number of para-hydroxylation sites is 1. The van der Waals surface area contributed by atoms with Crippen molar-refractivity contribution in [2.24, 2.45) is 0 Å². The maximum absolute atomic E-state index is 11.8. The molecule has 0 aliphatic heterocycles. The van der Waals surface area contributed by atoms with E-state index in [2.05, 4.69) is 11.9 Å². The Bertz CT molecular complexity index is 416. The number of hydrogen-bond donors (Lipinski definition) is 1. The molecule has 1 N–H and O–H groups in total. The molecular weight excluding hydrogens is 246 g/mol. The highest BCUT2D eigenvalue weighted by Gasteiger charge is 2.04. The minimum Gasteiger partial charge on any atom is -0.322 e. The number of amides is 1. The molecule has 2 nitrogen and oxygen atoms in total. The van der Waals surface area contributed by atoms with Crippen molar-refractivity contribution in [1.29, 1.82) is 0 Å². The highest BCUT2D eigenvalue weighted by Crippen LogP contribution is 2.08. The Hall–Kier alpha value is -2.09. The van der Waals surface area contributed by atoms with E-state index in [1.807, 2.05) is 77.1 Å². The van der Waals surface area contributed by atoms with Gasteiger partial charge in [-0.3, -0.25) is 4.79 Å². The van der Waals surface area contributed by atoms with Crippen LogP contribution in [0.2, 0.25) is 0 Å². The van der Waals surface area contributed by atoms with Crippen LogP contribution in [-0.4, -0.2) is 5.91 Å². The second-order valence-corrected chi connectivity index (χ2v) is 3.17. The van der Waals surface area contributed by atoms with Gasteiger partial charge < -0.3 is 5.32 Å². The standard InChI is InChI=1S/C14H15NO.2C2H6/c1-3-5-9-12(4-2)14(16)15-13-10-7-6-8-11-13;2*1-2/h3-11H,2H2,1H3,(H,15,16);2*1-2H3/b5-3-,12-9+;;. The second kappa shape index (κ2) is 15.0. The maximum atomic E-state index is 11.8. The Kier molecular flexibility index (Phi) is 15.1. The molecule has 0 radical (unpaired) electrons. The molecule has 2 heteroatoms. The molecule has 0 spiro atoms. The minimum absolute atomic E-state index is 0.153. The van der Waals surface area contributed by atoms with Gasteiger partial charge in [-0.2, -0.15) is 0 Å². The van der Waals surface area contributed by atoms with E-state index in [0.717, 1.165) is 5.69 Å². The van der Waals surface area contributed by atoms with Crippen LogP contribution in [0.15, 0.2) is 66.8 Å². The molecule has 0 saturated carbocycles. The van der Waals surface area contributed by atoms with E-state index < -0.39 is 0 Å². The summed E-state index contributed by atoms with van der Waals surface area (Å²) in [6.07, 6.45) is 6.93. The van der Waals surface area contributed by atoms with Crippen molar-refractivity contribution < 1.29 is 4.79 Å². The van der Waals surface area contributed by atoms with Crippen molar-refractivity contribution in [2.45, 2.75) is 34.6 Å². The summed E-state index contributed by atoms with van der Waals surface area (Å²) in [5.74, 6) is -0.153. The zero-order chi connectivity index (χ0) is 15.8. The molecule has 1 aromatic carbocycles. The Morgan fingerprint density at radius 2 is 1.65 bits per heavy atom. The van der Waals surface area contributed by atoms with Crippen LogP contribution in [0.1, 0.15) is 34.6 Å². The van der Waals surface area contributed by atoms with Gasteiger partial charge in [0.1, 0.15) is 0 Å². The van der Waals surface area contributed by atoms with Crippen molar-refractivity contribution in [3.8, 4) is 0 Å². The van der Waals surface area contributed by atoms with Gasteiger partial charge in [-0.05, 0) is 25.1 Å². The third-order valence-corrected chi connectivity index (χ3v) is 1.98. The summed E-state index contributed by atoms with van der Waals surface area (Å²) in [5, 5.41) is 2.79. The van der Waals surface area contributed by atoms with Gasteiger partial charge in [0.25, 0.3) is 5.91 Å². The third-order valence-electron chi connectivity index (χ3n) is 1.98. The summed E-state index contributed by atoms with van der Waals surface area (Å²) in [5.41, 5.74) is 1.32. The Morgan fingerprint density at radius 3 is 2.10 bits per heavy atom. The Morgan fingerprint density at radius 1 is 1.10 bits per heavy atom. The summed E-state index contributed by atoms with van der Waals surface area (Å²) < 4.78 is 0. The fraction of sp³-hybridized carbons (Fsp3) is 0.278. The zero-order valence-electron chi connectivity index (χ0n) is 13.3. The highest BCUT2D eigenvalue weighted by molar-refractivity contribution is 6.05. The molecule has 0 heterocycles. The van der Waals surface area contributed by atoms with E-state index in [0.29, 0.717) is 5.57 Å². The molecule has 1 rings (SSSR count). The number of carbonyl (C=O) groups is 1. The van der Waals surface area contributed by atoms with Gasteiger partial charge in [0.2, 0.25) is 0 Å². The molecule has 0 unspecified atom stereocenters. The number of benzene rings is 1. The van der Waals surface area contributed by atoms with Gasteiger partial charge in [0.15, 0.2) is 0 Å². The third kappa shape index (κ3) is 8.92. The van der Waals surface area contributed by atoms with Crippen molar-refractivity contribution >= 4 is 11.6 Å². The average Bonchev–Trinajstić information content (AvgIpc) is 2.53. The first-order valence-electron chi connectivity index (χ1n) is 7.09. The van der Waals surface area contributed by atoms with Gasteiger partial charge in [0, 0.05) is 11.3 Å². The summed E-state index contributed by atoms with van der Waals surface area (Å²) >= 11 is 0. The smallest absolute Gasteiger partial charge is 0.255 e. The van der Waals surface area contributed by atoms with Gasteiger partial charge >= 0.3 is 0 Å². The zero-order valence-corrected chi connectivity index (χ0v) is 13.3. The quantitative estimate of drug-likeness (QED) is 0.580. The second-order valence-electron chi connectivity index (χ2n) is 3.17. The molecule has 0 fully saturated rings. The summed E-state index contributed by atoms with van der Waals surface area (Å²) in [7, 11) is 0. The lowest BCUT2D eigenvalue weighted by molar-refractivity contribution is -0.112. The monoisotopic (exact) mass is 273 g/mol. The van der Waals surface area contributed by atoms with Crippen molar-refractivity contribution in [1.82, 2.24) is 0 Å². The van der Waals surface area contributed by atoms with Crippen LogP contribution in [0, 0.1) is 0 Å². The number of allylic oxidation sites excluding steroid dienone is 3. The van der Waals surface area contributed by atoms with Crippen LogP contribution in [0.25, 0.3) is 0 Å². The van der Waals surface area contributed by atoms with Crippen LogP contribution in [-0.2, 0) is 4.79 Å². The molecular formula is C18H27NO. The summed E-state index contributed by atoms with van der Waals surface area (Å²) in [4.78, 5) is 11.8. The first kappa shape index (κ1) is 20.2. The van der Waals surface area contributed by atoms with Gasteiger partial charge in [0.05, 0.1) is 0 Å². The number of carbonyl (C=O) groups excluding carboxylic acids is 1. The molecule has 20 heavy (non-hydrogen) atoms. The topological polar surface area (TPSA) is 29.1 Å². The molecule has 0 aliphatic carbocycles. The maximum Gasteiger partial charge on any atom is 0.255 e. The van der Waals surface area contributed by atoms with E-state index in [1.165, 1.54) is 6.08 Å². The van der Waals surface area contributed by atoms with Gasteiger partial charge in [-0.15, -0.1) is 0 Å². The van der Waals surface area contributed by atoms with Crippen LogP contribution in [0.5, 0.6) is 0 Å². The van der Waals surface area contributed by atoms with Crippen LogP contribution in [0.3, 0.4) is 0 Å². The molecule has 1 aromatic rings. The van der Waals surface area contributed by atoms with E-state index in [-0.39, 0.29) is 5.91 Å². The minimum atomic E-state index is -0.153. The van der Waals surface area contributed by atoms with Crippen LogP contribution >= 0.6 is 0 Å². The van der Waals surface area contributed by atoms with Crippen LogP contribution in [0.4, 0.5) is 5.69 Å². The molecule has 1 amide bonds. The number of hydrogen-bond acceptors (Lipinski definition) is 1. The first-order valence-corrected chi connectivity index (χ1v) is 7.09. The molecule has 0 atom stereocenters. The Balaban J connectivity index is 0. The van der Waals surface area contributed by atoms with E-state index >= 15 is 0 Å². The number of rotatable bonds is 4. The number of anilines is 1. The lowest BCUT2D eigenvalue weighted by Gasteiger charge is -2.04. The number of nitrogens with one attached hydrogen (secondary N) is 1. The predicted octanol–water partition coefficient (Wildman–Crippen LogP) is 5.37. The largest absolute Gasteiger partial charge is 0.322 e. The lowest BCUT2D eigenvalue weighted by Crippen LogP contribution is -2.12. The average molecular weight is 273 g/mol.